The number of hydrogen-bond acceptors (Lipinski definition) is 8. The van der Waals surface area contributed by atoms with E-state index in [0.29, 0.717) is 35.6 Å². The number of carbonyl (C=O) groups is 2. The summed E-state index contributed by atoms with van der Waals surface area (Å²) >= 11 is 0. The molecule has 44 heavy (non-hydrogen) atoms. The van der Waals surface area contributed by atoms with Crippen molar-refractivity contribution in [2.45, 2.75) is 33.0 Å². The second-order valence-electron chi connectivity index (χ2n) is 11.2. The summed E-state index contributed by atoms with van der Waals surface area (Å²) < 4.78 is 12.9. The van der Waals surface area contributed by atoms with Crippen LogP contribution in [-0.2, 0) is 21.1 Å². The van der Waals surface area contributed by atoms with Gasteiger partial charge in [-0.3, -0.25) is 14.2 Å². The van der Waals surface area contributed by atoms with E-state index in [9.17, 15) is 14.9 Å². The molecule has 0 saturated heterocycles. The van der Waals surface area contributed by atoms with E-state index in [4.69, 9.17) is 20.2 Å². The number of methoxy groups -OCH3 is 1. The van der Waals surface area contributed by atoms with Crippen LogP contribution in [0.15, 0.2) is 73.1 Å². The number of fused-ring (bicyclic) bond motifs is 1. The largest absolute Gasteiger partial charge is 0.497 e. The predicted molar refractivity (Wildman–Crippen MR) is 172 cm³/mol. The molecular weight excluding hydrogens is 556 g/mol. The maximum atomic E-state index is 12.6. The number of amides is 1. The van der Waals surface area contributed by atoms with Crippen LogP contribution >= 0.6 is 0 Å². The number of ether oxygens (including phenoxy) is 2. The van der Waals surface area contributed by atoms with E-state index >= 15 is 0 Å². The lowest BCUT2D eigenvalue weighted by atomic mass is 10.0. The highest BCUT2D eigenvalue weighted by atomic mass is 16.5. The van der Waals surface area contributed by atoms with Crippen molar-refractivity contribution < 1.29 is 19.1 Å². The summed E-state index contributed by atoms with van der Waals surface area (Å²) in [6.07, 6.45) is 7.39. The molecule has 1 unspecified atom stereocenters. The Hall–Kier alpha value is -4.98. The van der Waals surface area contributed by atoms with Gasteiger partial charge in [-0.05, 0) is 67.9 Å². The fourth-order valence-electron chi connectivity index (χ4n) is 4.77. The number of nitriles is 1. The number of pyridine rings is 1. The van der Waals surface area contributed by atoms with E-state index in [1.165, 1.54) is 6.08 Å². The van der Waals surface area contributed by atoms with E-state index in [-0.39, 0.29) is 18.6 Å². The van der Waals surface area contributed by atoms with Gasteiger partial charge in [0.25, 0.3) is 0 Å². The number of benzene rings is 2. The summed E-state index contributed by atoms with van der Waals surface area (Å²) in [6, 6.07) is 16.2. The van der Waals surface area contributed by atoms with Crippen LogP contribution in [0.1, 0.15) is 25.8 Å². The maximum absolute atomic E-state index is 12.6. The number of carbonyl (C=O) groups excluding carboxylic acids is 2. The molecule has 0 aliphatic heterocycles. The van der Waals surface area contributed by atoms with Crippen molar-refractivity contribution in [1.82, 2.24) is 14.5 Å². The van der Waals surface area contributed by atoms with E-state index in [1.807, 2.05) is 69.4 Å². The van der Waals surface area contributed by atoms with E-state index in [1.54, 1.807) is 42.1 Å². The molecular formula is C34H38N6O4. The highest BCUT2D eigenvalue weighted by Crippen LogP contribution is 2.35. The van der Waals surface area contributed by atoms with Crippen LogP contribution in [0.4, 0.5) is 5.69 Å². The Morgan fingerprint density at radius 2 is 1.93 bits per heavy atom. The SMILES string of the molecule is COc1cc(NC(=O)/C=C/CN(C)C)cc(-c2cnc3c(c2)c(-c2cccc(C#N)c2)cn3COC(=O)C(N)CC(C)C)c1. The summed E-state index contributed by atoms with van der Waals surface area (Å²) in [5.41, 5.74) is 10.9. The van der Waals surface area contributed by atoms with Gasteiger partial charge in [0.15, 0.2) is 6.73 Å². The lowest BCUT2D eigenvalue weighted by molar-refractivity contribution is -0.149. The average Bonchev–Trinajstić information content (AvgIpc) is 3.37. The Bertz CT molecular complexity index is 1720. The molecule has 0 aliphatic rings. The zero-order chi connectivity index (χ0) is 31.8. The molecule has 2 heterocycles. The quantitative estimate of drug-likeness (QED) is 0.169. The third-order valence-electron chi connectivity index (χ3n) is 6.87. The summed E-state index contributed by atoms with van der Waals surface area (Å²) in [5, 5.41) is 13.2. The summed E-state index contributed by atoms with van der Waals surface area (Å²) in [5.74, 6) is 0.0973. The van der Waals surface area contributed by atoms with Crippen LogP contribution in [0.25, 0.3) is 33.3 Å². The van der Waals surface area contributed by atoms with Gasteiger partial charge in [-0.15, -0.1) is 0 Å². The summed E-state index contributed by atoms with van der Waals surface area (Å²) in [7, 11) is 5.42. The Balaban J connectivity index is 1.73. The van der Waals surface area contributed by atoms with E-state index in [2.05, 4.69) is 11.4 Å². The van der Waals surface area contributed by atoms with Gasteiger partial charge in [0.2, 0.25) is 5.91 Å². The third-order valence-corrected chi connectivity index (χ3v) is 6.87. The molecule has 3 N–H and O–H groups in total. The van der Waals surface area contributed by atoms with Gasteiger partial charge in [-0.25, -0.2) is 4.98 Å². The lowest BCUT2D eigenvalue weighted by Gasteiger charge is -2.14. The zero-order valence-corrected chi connectivity index (χ0v) is 25.7. The molecule has 1 atom stereocenters. The molecule has 10 heteroatoms. The van der Waals surface area contributed by atoms with Crippen molar-refractivity contribution in [2.24, 2.45) is 11.7 Å². The fraction of sp³-hybridized carbons (Fsp3) is 0.294. The van der Waals surface area contributed by atoms with Gasteiger partial charge in [-0.2, -0.15) is 5.26 Å². The molecule has 2 aromatic carbocycles. The molecule has 1 amide bonds. The number of esters is 1. The van der Waals surface area contributed by atoms with Crippen LogP contribution < -0.4 is 15.8 Å². The van der Waals surface area contributed by atoms with Gasteiger partial charge in [0, 0.05) is 53.3 Å². The zero-order valence-electron chi connectivity index (χ0n) is 25.7. The molecule has 0 saturated carbocycles. The average molecular weight is 595 g/mol. The van der Waals surface area contributed by atoms with Crippen LogP contribution in [0, 0.1) is 17.2 Å². The van der Waals surface area contributed by atoms with E-state index < -0.39 is 12.0 Å². The number of rotatable bonds is 12. The van der Waals surface area contributed by atoms with Crippen molar-refractivity contribution >= 4 is 28.6 Å². The first-order chi connectivity index (χ1) is 21.1. The maximum Gasteiger partial charge on any atom is 0.324 e. The van der Waals surface area contributed by atoms with Crippen LogP contribution in [0.2, 0.25) is 0 Å². The fourth-order valence-corrected chi connectivity index (χ4v) is 4.77. The van der Waals surface area contributed by atoms with Crippen molar-refractivity contribution in [3.63, 3.8) is 0 Å². The number of anilines is 1. The van der Waals surface area contributed by atoms with Crippen LogP contribution in [-0.4, -0.2) is 60.1 Å². The van der Waals surface area contributed by atoms with Gasteiger partial charge in [-0.1, -0.05) is 32.1 Å². The summed E-state index contributed by atoms with van der Waals surface area (Å²) in [6.45, 7) is 4.57. The first-order valence-corrected chi connectivity index (χ1v) is 14.3. The minimum Gasteiger partial charge on any atom is -0.497 e. The molecule has 2 aromatic heterocycles. The van der Waals surface area contributed by atoms with Crippen molar-refractivity contribution in [2.75, 3.05) is 33.1 Å². The second-order valence-corrected chi connectivity index (χ2v) is 11.2. The number of nitrogens with zero attached hydrogens (tertiary/aromatic N) is 4. The molecule has 0 aliphatic carbocycles. The Morgan fingerprint density at radius 1 is 1.14 bits per heavy atom. The van der Waals surface area contributed by atoms with Crippen molar-refractivity contribution in [3.05, 3.63) is 78.6 Å². The number of nitrogens with two attached hydrogens (primary N) is 1. The number of aromatic nitrogens is 2. The van der Waals surface area contributed by atoms with Gasteiger partial charge in [0.05, 0.1) is 18.7 Å². The molecule has 4 aromatic rings. The topological polar surface area (TPSA) is 136 Å². The normalized spacial score (nSPS) is 12.1. The summed E-state index contributed by atoms with van der Waals surface area (Å²) in [4.78, 5) is 31.8. The predicted octanol–water partition coefficient (Wildman–Crippen LogP) is 5.18. The van der Waals surface area contributed by atoms with Gasteiger partial charge < -0.3 is 25.4 Å². The second kappa shape index (κ2) is 14.5. The molecule has 0 bridgehead atoms. The van der Waals surface area contributed by atoms with Gasteiger partial charge in [0.1, 0.15) is 17.4 Å². The number of likely N-dealkylation sites (N-methyl/N-ethyl adjacent to an activating group) is 1. The third kappa shape index (κ3) is 8.10. The highest BCUT2D eigenvalue weighted by Gasteiger charge is 2.19. The Labute approximate surface area is 257 Å². The van der Waals surface area contributed by atoms with Crippen molar-refractivity contribution in [3.8, 4) is 34.1 Å². The molecule has 0 fully saturated rings. The smallest absolute Gasteiger partial charge is 0.324 e. The van der Waals surface area contributed by atoms with E-state index in [0.717, 1.165) is 27.6 Å². The van der Waals surface area contributed by atoms with Crippen molar-refractivity contribution in [1.29, 1.82) is 5.26 Å². The van der Waals surface area contributed by atoms with Crippen LogP contribution in [0.3, 0.4) is 0 Å². The first-order valence-electron chi connectivity index (χ1n) is 14.3. The first kappa shape index (κ1) is 31.9. The number of hydrogen-bond donors (Lipinski definition) is 2. The Kier molecular flexibility index (Phi) is 10.5. The molecule has 4 rings (SSSR count). The minimum absolute atomic E-state index is 0.0674. The highest BCUT2D eigenvalue weighted by molar-refractivity contribution is 6.00. The van der Waals surface area contributed by atoms with Gasteiger partial charge >= 0.3 is 5.97 Å². The Morgan fingerprint density at radius 3 is 2.64 bits per heavy atom. The molecule has 10 nitrogen and oxygen atoms in total. The molecule has 0 spiro atoms. The number of nitrogens with one attached hydrogen (secondary N) is 1. The minimum atomic E-state index is -0.714. The molecule has 0 radical (unpaired) electrons. The lowest BCUT2D eigenvalue weighted by Crippen LogP contribution is -2.33. The van der Waals surface area contributed by atoms with Crippen LogP contribution in [0.5, 0.6) is 5.75 Å². The monoisotopic (exact) mass is 594 g/mol. The molecule has 228 valence electrons. The standard InChI is InChI=1S/C34H38N6O4/c1-22(2)12-31(36)34(42)44-21-40-20-30(24-9-6-8-23(13-24)18-35)29-16-26(19-37-33(29)40)25-14-27(17-28(15-25)43-5)38-32(41)10-7-11-39(3)4/h6-10,13-17,19-20,22,31H,11-12,21,36H2,1-5H3,(H,38,41)/b10-7+.